The van der Waals surface area contributed by atoms with Crippen molar-refractivity contribution in [2.24, 2.45) is 0 Å². The van der Waals surface area contributed by atoms with Gasteiger partial charge in [0.15, 0.2) is 0 Å². The van der Waals surface area contributed by atoms with Gasteiger partial charge in [0.2, 0.25) is 5.91 Å². The summed E-state index contributed by atoms with van der Waals surface area (Å²) in [4.78, 5) is 13.3. The molecule has 2 aromatic carbocycles. The normalized spacial score (nSPS) is 14.2. The van der Waals surface area contributed by atoms with Gasteiger partial charge >= 0.3 is 6.36 Å². The molecule has 1 aliphatic rings. The Bertz CT molecular complexity index is 973. The minimum Gasteiger partial charge on any atom is -0.406 e. The van der Waals surface area contributed by atoms with E-state index in [-0.39, 0.29) is 22.9 Å². The first-order valence-corrected chi connectivity index (χ1v) is 9.39. The van der Waals surface area contributed by atoms with Crippen molar-refractivity contribution in [3.05, 3.63) is 48.0 Å². The molecule has 6 nitrogen and oxygen atoms in total. The quantitative estimate of drug-likeness (QED) is 0.836. The van der Waals surface area contributed by atoms with Crippen LogP contribution in [-0.4, -0.2) is 27.2 Å². The Hall–Kier alpha value is -2.75. The minimum absolute atomic E-state index is 0.0623. The molecule has 0 atom stereocenters. The number of fused-ring (bicyclic) bond motifs is 1. The highest BCUT2D eigenvalue weighted by atomic mass is 32.2. The third-order valence-corrected chi connectivity index (χ3v) is 5.35. The fraction of sp³-hybridized carbons (Fsp3) is 0.235. The molecule has 0 fully saturated rings. The number of anilines is 2. The number of hydrogen-bond acceptors (Lipinski definition) is 4. The van der Waals surface area contributed by atoms with Crippen molar-refractivity contribution in [2.75, 3.05) is 16.2 Å². The van der Waals surface area contributed by atoms with Gasteiger partial charge in [-0.1, -0.05) is 0 Å². The second-order valence-corrected chi connectivity index (χ2v) is 7.47. The third kappa shape index (κ3) is 4.16. The lowest BCUT2D eigenvalue weighted by Crippen LogP contribution is -2.25. The summed E-state index contributed by atoms with van der Waals surface area (Å²) in [6, 6.07) is 8.62. The molecular weight excluding hydrogens is 385 g/mol. The van der Waals surface area contributed by atoms with Crippen LogP contribution in [0.2, 0.25) is 0 Å². The lowest BCUT2D eigenvalue weighted by Gasteiger charge is -2.15. The number of carbonyl (C=O) groups is 1. The van der Waals surface area contributed by atoms with Crippen LogP contribution >= 0.6 is 0 Å². The number of nitrogens with zero attached hydrogens (tertiary/aromatic N) is 1. The van der Waals surface area contributed by atoms with E-state index < -0.39 is 22.1 Å². The Morgan fingerprint density at radius 3 is 2.41 bits per heavy atom. The molecule has 1 aliphatic heterocycles. The number of carbonyl (C=O) groups excluding carboxylic acids is 1. The van der Waals surface area contributed by atoms with Gasteiger partial charge < -0.3 is 9.64 Å². The fourth-order valence-electron chi connectivity index (χ4n) is 2.83. The van der Waals surface area contributed by atoms with Gasteiger partial charge in [0.25, 0.3) is 10.0 Å². The predicted molar refractivity (Wildman–Crippen MR) is 92.1 cm³/mol. The van der Waals surface area contributed by atoms with Crippen molar-refractivity contribution in [1.82, 2.24) is 0 Å². The Morgan fingerprint density at radius 1 is 1.15 bits per heavy atom. The van der Waals surface area contributed by atoms with Gasteiger partial charge in [0.1, 0.15) is 5.75 Å². The molecule has 0 spiro atoms. The van der Waals surface area contributed by atoms with Crippen LogP contribution in [0.15, 0.2) is 47.4 Å². The van der Waals surface area contributed by atoms with E-state index in [0.717, 1.165) is 30.0 Å². The summed E-state index contributed by atoms with van der Waals surface area (Å²) in [5.74, 6) is -0.579. The molecule has 2 aromatic rings. The molecule has 0 saturated carbocycles. The smallest absolute Gasteiger partial charge is 0.406 e. The summed E-state index contributed by atoms with van der Waals surface area (Å²) in [6.07, 6.45) is -4.67. The van der Waals surface area contributed by atoms with Crippen LogP contribution in [0, 0.1) is 0 Å². The number of likely N-dealkylation sites (N-methyl/N-ethyl adjacent to an activating group) is 1. The number of nitrogens with one attached hydrogen (secondary N) is 1. The molecule has 1 heterocycles. The summed E-state index contributed by atoms with van der Waals surface area (Å²) in [7, 11) is -4.01. The fourth-order valence-corrected chi connectivity index (χ4v) is 3.88. The Morgan fingerprint density at radius 2 is 1.81 bits per heavy atom. The summed E-state index contributed by atoms with van der Waals surface area (Å²) in [5, 5.41) is 0. The molecular formula is C17H15F3N2O4S. The van der Waals surface area contributed by atoms with Crippen molar-refractivity contribution in [3.8, 4) is 5.75 Å². The minimum atomic E-state index is -4.85. The number of ether oxygens (including phenoxy) is 1. The molecule has 0 saturated heterocycles. The zero-order valence-electron chi connectivity index (χ0n) is 14.1. The van der Waals surface area contributed by atoms with Crippen molar-refractivity contribution in [2.45, 2.75) is 24.6 Å². The Labute approximate surface area is 153 Å². The molecule has 3 rings (SSSR count). The van der Waals surface area contributed by atoms with Gasteiger partial charge in [0.05, 0.1) is 11.3 Å². The van der Waals surface area contributed by atoms with E-state index >= 15 is 0 Å². The van der Waals surface area contributed by atoms with Crippen LogP contribution in [0.4, 0.5) is 24.5 Å². The molecule has 1 N–H and O–H groups in total. The first kappa shape index (κ1) is 19.0. The maximum atomic E-state index is 12.4. The number of benzene rings is 2. The van der Waals surface area contributed by atoms with Gasteiger partial charge in [-0.05, 0) is 55.0 Å². The molecule has 1 amide bonds. The van der Waals surface area contributed by atoms with Gasteiger partial charge in [-0.3, -0.25) is 9.52 Å². The van der Waals surface area contributed by atoms with Crippen LogP contribution < -0.4 is 14.4 Å². The molecule has 27 heavy (non-hydrogen) atoms. The van der Waals surface area contributed by atoms with Crippen molar-refractivity contribution in [1.29, 1.82) is 0 Å². The number of amides is 1. The Balaban J connectivity index is 1.79. The van der Waals surface area contributed by atoms with Crippen LogP contribution in [0.3, 0.4) is 0 Å². The highest BCUT2D eigenvalue weighted by molar-refractivity contribution is 7.92. The molecule has 0 aromatic heterocycles. The average Bonchev–Trinajstić information content (AvgIpc) is 2.87. The van der Waals surface area contributed by atoms with E-state index in [0.29, 0.717) is 12.1 Å². The highest BCUT2D eigenvalue weighted by Crippen LogP contribution is 2.32. The molecule has 0 aliphatic carbocycles. The monoisotopic (exact) mass is 400 g/mol. The van der Waals surface area contributed by atoms with Gasteiger partial charge in [0, 0.05) is 17.9 Å². The second kappa shape index (κ2) is 6.76. The standard InChI is InChI=1S/C17H15F3N2O4S/c1-2-22-15-8-3-12(9-11(15)10-16(22)23)21-27(24,25)14-6-4-13(5-7-14)26-17(18,19)20/h3-9,21H,2,10H2,1H3. The first-order valence-electron chi connectivity index (χ1n) is 7.91. The maximum Gasteiger partial charge on any atom is 0.573 e. The van der Waals surface area contributed by atoms with E-state index in [1.807, 2.05) is 6.92 Å². The molecule has 0 unspecified atom stereocenters. The van der Waals surface area contributed by atoms with E-state index in [9.17, 15) is 26.4 Å². The Kier molecular flexibility index (Phi) is 4.77. The highest BCUT2D eigenvalue weighted by Gasteiger charge is 2.31. The molecule has 10 heteroatoms. The number of halogens is 3. The lowest BCUT2D eigenvalue weighted by atomic mass is 10.1. The molecule has 0 bridgehead atoms. The predicted octanol–water partition coefficient (Wildman–Crippen LogP) is 3.30. The molecule has 144 valence electrons. The summed E-state index contributed by atoms with van der Waals surface area (Å²) in [6.45, 7) is 2.36. The zero-order chi connectivity index (χ0) is 19.8. The van der Waals surface area contributed by atoms with E-state index in [2.05, 4.69) is 9.46 Å². The first-order chi connectivity index (χ1) is 12.6. The number of hydrogen-bond donors (Lipinski definition) is 1. The van der Waals surface area contributed by atoms with Crippen molar-refractivity contribution in [3.63, 3.8) is 0 Å². The lowest BCUT2D eigenvalue weighted by molar-refractivity contribution is -0.274. The third-order valence-electron chi connectivity index (χ3n) is 3.95. The van der Waals surface area contributed by atoms with Gasteiger partial charge in [-0.15, -0.1) is 13.2 Å². The maximum absolute atomic E-state index is 12.4. The zero-order valence-corrected chi connectivity index (χ0v) is 14.9. The van der Waals surface area contributed by atoms with Crippen LogP contribution in [-0.2, 0) is 21.2 Å². The van der Waals surface area contributed by atoms with E-state index in [1.165, 1.54) is 6.07 Å². The van der Waals surface area contributed by atoms with Crippen LogP contribution in [0.5, 0.6) is 5.75 Å². The van der Waals surface area contributed by atoms with Crippen molar-refractivity contribution >= 4 is 27.3 Å². The molecule has 0 radical (unpaired) electrons. The summed E-state index contributed by atoms with van der Waals surface area (Å²) >= 11 is 0. The summed E-state index contributed by atoms with van der Waals surface area (Å²) < 4.78 is 67.5. The van der Waals surface area contributed by atoms with Crippen LogP contribution in [0.1, 0.15) is 12.5 Å². The number of sulfonamides is 1. The number of rotatable bonds is 5. The van der Waals surface area contributed by atoms with Gasteiger partial charge in [-0.25, -0.2) is 8.42 Å². The second-order valence-electron chi connectivity index (χ2n) is 5.78. The van der Waals surface area contributed by atoms with Crippen molar-refractivity contribution < 1.29 is 31.1 Å². The summed E-state index contributed by atoms with van der Waals surface area (Å²) in [5.41, 5.74) is 1.70. The van der Waals surface area contributed by atoms with E-state index in [4.69, 9.17) is 0 Å². The topological polar surface area (TPSA) is 75.7 Å². The number of alkyl halides is 3. The SMILES string of the molecule is CCN1C(=O)Cc2cc(NS(=O)(=O)c3ccc(OC(F)(F)F)cc3)ccc21. The largest absolute Gasteiger partial charge is 0.573 e. The van der Waals surface area contributed by atoms with E-state index in [1.54, 1.807) is 17.0 Å². The average molecular weight is 400 g/mol. The van der Waals surface area contributed by atoms with Gasteiger partial charge in [-0.2, -0.15) is 0 Å². The van der Waals surface area contributed by atoms with Crippen LogP contribution in [0.25, 0.3) is 0 Å².